The van der Waals surface area contributed by atoms with Crippen molar-refractivity contribution in [1.29, 1.82) is 0 Å². The van der Waals surface area contributed by atoms with E-state index in [-0.39, 0.29) is 12.8 Å². The highest BCUT2D eigenvalue weighted by molar-refractivity contribution is 7.47. The lowest BCUT2D eigenvalue weighted by Gasteiger charge is -2.41. The van der Waals surface area contributed by atoms with Crippen LogP contribution in [0.5, 0.6) is 0 Å². The van der Waals surface area contributed by atoms with Gasteiger partial charge >= 0.3 is 7.82 Å². The molecule has 0 aromatic rings. The summed E-state index contributed by atoms with van der Waals surface area (Å²) in [5.74, 6) is -0.558. The highest BCUT2D eigenvalue weighted by Gasteiger charge is 2.51. The van der Waals surface area contributed by atoms with Crippen LogP contribution in [0.15, 0.2) is 24.3 Å². The van der Waals surface area contributed by atoms with Gasteiger partial charge in [-0.15, -0.1) is 0 Å². The van der Waals surface area contributed by atoms with E-state index in [4.69, 9.17) is 9.05 Å². The predicted octanol–water partition coefficient (Wildman–Crippen LogP) is 11.1. The fraction of sp³-hybridized carbons (Fsp3) is 0.907. The third kappa shape index (κ3) is 34.2. The minimum atomic E-state index is -5.12. The molecule has 0 saturated heterocycles. The number of carbonyl (C=O) groups excluding carboxylic acids is 1. The van der Waals surface area contributed by atoms with Crippen molar-refractivity contribution in [2.75, 3.05) is 6.61 Å². The van der Waals surface area contributed by atoms with Crippen molar-refractivity contribution in [3.05, 3.63) is 24.3 Å². The van der Waals surface area contributed by atoms with Crippen molar-refractivity contribution < 1.29 is 59.0 Å². The Bertz CT molecular complexity index is 1260. The molecule has 0 aromatic heterocycles. The molecule has 8 unspecified atom stereocenters. The Morgan fingerprint density at radius 3 is 1.35 bits per heavy atom. The maximum atomic E-state index is 13.1. The molecule has 0 heterocycles. The van der Waals surface area contributed by atoms with Crippen LogP contribution in [0.25, 0.3) is 0 Å². The molecule has 68 heavy (non-hydrogen) atoms. The van der Waals surface area contributed by atoms with Crippen LogP contribution in [0, 0.1) is 0 Å². The summed E-state index contributed by atoms with van der Waals surface area (Å²) in [6.45, 7) is 3.73. The Labute approximate surface area is 414 Å². The van der Waals surface area contributed by atoms with Gasteiger partial charge in [-0.3, -0.25) is 13.8 Å². The van der Waals surface area contributed by atoms with Gasteiger partial charge in [-0.25, -0.2) is 4.57 Å². The number of allylic oxidation sites excluding steroid dienone is 4. The van der Waals surface area contributed by atoms with Crippen molar-refractivity contribution in [3.63, 3.8) is 0 Å². The average molecular weight is 990 g/mol. The van der Waals surface area contributed by atoms with Gasteiger partial charge in [-0.2, -0.15) is 0 Å². The number of unbranched alkanes of at least 4 members (excludes halogenated alkanes) is 30. The monoisotopic (exact) mass is 990 g/mol. The smallest absolute Gasteiger partial charge is 0.393 e. The zero-order chi connectivity index (χ0) is 50.1. The lowest BCUT2D eigenvalue weighted by atomic mass is 9.85. The second kappa shape index (κ2) is 43.4. The SMILES string of the molecule is CC/C=C\C/C=C\CCCCCCCCCCCCCCC(O)CC(=O)NC(COP(=O)(O)OC1C(O)C(O)C(O)C(O)C1O)C(O)CCCCCCCCCCCCCCCCCCCCC. The molecule has 0 aromatic carbocycles. The van der Waals surface area contributed by atoms with Crippen LogP contribution in [-0.2, 0) is 18.4 Å². The quantitative estimate of drug-likeness (QED) is 0.0158. The van der Waals surface area contributed by atoms with Gasteiger partial charge in [-0.1, -0.05) is 231 Å². The summed E-state index contributed by atoms with van der Waals surface area (Å²) in [5, 5.41) is 75.0. The number of rotatable bonds is 47. The average Bonchev–Trinajstić information content (AvgIpc) is 3.31. The molecule has 0 radical (unpaired) electrons. The summed E-state index contributed by atoms with van der Waals surface area (Å²) in [6, 6.07) is -1.15. The van der Waals surface area contributed by atoms with Crippen LogP contribution in [0.1, 0.15) is 251 Å². The molecule has 0 spiro atoms. The maximum absolute atomic E-state index is 13.1. The second-order valence-electron chi connectivity index (χ2n) is 19.9. The fourth-order valence-corrected chi connectivity index (χ4v) is 10.1. The van der Waals surface area contributed by atoms with E-state index in [0.29, 0.717) is 12.8 Å². The molecule has 1 saturated carbocycles. The molecule has 0 aliphatic heterocycles. The Morgan fingerprint density at radius 2 is 0.912 bits per heavy atom. The maximum Gasteiger partial charge on any atom is 0.472 e. The van der Waals surface area contributed by atoms with Crippen LogP contribution in [0.4, 0.5) is 0 Å². The minimum Gasteiger partial charge on any atom is -0.393 e. The molecule has 1 fully saturated rings. The van der Waals surface area contributed by atoms with Crippen molar-refractivity contribution in [2.45, 2.75) is 306 Å². The van der Waals surface area contributed by atoms with Gasteiger partial charge in [0.2, 0.25) is 5.91 Å². The zero-order valence-corrected chi connectivity index (χ0v) is 43.9. The summed E-state index contributed by atoms with van der Waals surface area (Å²) in [7, 11) is -5.12. The molecule has 0 bridgehead atoms. The first-order chi connectivity index (χ1) is 32.8. The minimum absolute atomic E-state index is 0.221. The number of hydrogen-bond donors (Lipinski definition) is 9. The molecule has 1 aliphatic carbocycles. The van der Waals surface area contributed by atoms with Gasteiger partial charge in [0.1, 0.15) is 36.6 Å². The normalized spacial score (nSPS) is 22.2. The second-order valence-corrected chi connectivity index (χ2v) is 21.4. The van der Waals surface area contributed by atoms with Gasteiger partial charge in [0.05, 0.1) is 31.3 Å². The number of amides is 1. The van der Waals surface area contributed by atoms with Crippen molar-refractivity contribution >= 4 is 13.7 Å². The first-order valence-corrected chi connectivity index (χ1v) is 29.4. The number of aliphatic hydroxyl groups excluding tert-OH is 7. The zero-order valence-electron chi connectivity index (χ0n) is 43.0. The van der Waals surface area contributed by atoms with E-state index in [2.05, 4.69) is 43.5 Å². The van der Waals surface area contributed by atoms with Crippen LogP contribution < -0.4 is 5.32 Å². The van der Waals surface area contributed by atoms with E-state index in [9.17, 15) is 50.0 Å². The van der Waals surface area contributed by atoms with E-state index >= 15 is 0 Å². The van der Waals surface area contributed by atoms with Crippen molar-refractivity contribution in [3.8, 4) is 0 Å². The Morgan fingerprint density at radius 1 is 0.529 bits per heavy atom. The van der Waals surface area contributed by atoms with Crippen molar-refractivity contribution in [1.82, 2.24) is 5.32 Å². The first-order valence-electron chi connectivity index (χ1n) is 27.9. The van der Waals surface area contributed by atoms with Gasteiger partial charge in [-0.05, 0) is 38.5 Å². The van der Waals surface area contributed by atoms with Crippen LogP contribution in [0.3, 0.4) is 0 Å². The Kier molecular flexibility index (Phi) is 41.3. The molecular formula is C54H104NO12P. The number of carbonyl (C=O) groups is 1. The number of hydrogen-bond acceptors (Lipinski definition) is 11. The van der Waals surface area contributed by atoms with Gasteiger partial charge < -0.3 is 46.0 Å². The summed E-state index contributed by atoms with van der Waals surface area (Å²) >= 11 is 0. The molecule has 8 atom stereocenters. The van der Waals surface area contributed by atoms with Crippen LogP contribution >= 0.6 is 7.82 Å². The summed E-state index contributed by atoms with van der Waals surface area (Å²) in [5.41, 5.74) is 0. The Balaban J connectivity index is 2.41. The number of nitrogens with one attached hydrogen (secondary N) is 1. The van der Waals surface area contributed by atoms with E-state index in [1.165, 1.54) is 148 Å². The number of aliphatic hydroxyl groups is 7. The van der Waals surface area contributed by atoms with Crippen molar-refractivity contribution in [2.24, 2.45) is 0 Å². The Hall–Kier alpha value is -1.22. The van der Waals surface area contributed by atoms with Gasteiger partial charge in [0.25, 0.3) is 0 Å². The summed E-state index contributed by atoms with van der Waals surface area (Å²) < 4.78 is 23.0. The lowest BCUT2D eigenvalue weighted by molar-refractivity contribution is -0.220. The highest BCUT2D eigenvalue weighted by atomic mass is 31.2. The molecule has 13 nitrogen and oxygen atoms in total. The van der Waals surface area contributed by atoms with Gasteiger partial charge in [0, 0.05) is 0 Å². The summed E-state index contributed by atoms with van der Waals surface area (Å²) in [4.78, 5) is 23.6. The van der Waals surface area contributed by atoms with Crippen LogP contribution in [-0.4, -0.2) is 108 Å². The molecule has 9 N–H and O–H groups in total. The highest BCUT2D eigenvalue weighted by Crippen LogP contribution is 2.47. The third-order valence-electron chi connectivity index (χ3n) is 13.6. The molecule has 1 rings (SSSR count). The molecular weight excluding hydrogens is 886 g/mol. The third-order valence-corrected chi connectivity index (χ3v) is 14.6. The number of phosphoric ester groups is 1. The topological polar surface area (TPSA) is 226 Å². The fourth-order valence-electron chi connectivity index (χ4n) is 9.11. The van der Waals surface area contributed by atoms with Crippen LogP contribution in [0.2, 0.25) is 0 Å². The van der Waals surface area contributed by atoms with E-state index in [1.54, 1.807) is 0 Å². The van der Waals surface area contributed by atoms with E-state index < -0.39 is 75.2 Å². The molecule has 402 valence electrons. The number of phosphoric acid groups is 1. The molecule has 1 aliphatic rings. The lowest BCUT2D eigenvalue weighted by Crippen LogP contribution is -2.64. The van der Waals surface area contributed by atoms with E-state index in [0.717, 1.165) is 64.2 Å². The summed E-state index contributed by atoms with van der Waals surface area (Å²) in [6.07, 6.45) is 36.4. The molecule has 14 heteroatoms. The standard InChI is InChI=1S/C54H104NO12P/c1-3-5-7-9-11-13-15-17-19-21-23-25-27-29-31-33-35-37-39-41-45(56)43-48(58)55-46(44-66-68(64,65)67-54-52(62)50(60)49(59)51(61)53(54)63)47(57)42-40-38-36-34-32-30-28-26-24-22-20-18-16-14-12-10-8-6-4-2/h5,7,11,13,45-47,49-54,56-57,59-63H,3-4,6,8-10,12,14-44H2,1-2H3,(H,55,58)(H,64,65)/b7-5-,13-11-. The first kappa shape index (κ1) is 64.8. The molecule has 1 amide bonds. The largest absolute Gasteiger partial charge is 0.472 e. The van der Waals surface area contributed by atoms with E-state index in [1.807, 2.05) is 0 Å². The van der Waals surface area contributed by atoms with Gasteiger partial charge in [0.15, 0.2) is 0 Å². The predicted molar refractivity (Wildman–Crippen MR) is 275 cm³/mol.